The van der Waals surface area contributed by atoms with Gasteiger partial charge in [0.05, 0.1) is 0 Å². The second-order valence-electron chi connectivity index (χ2n) is 4.64. The molecule has 2 rings (SSSR count). The molecule has 7 heteroatoms. The van der Waals surface area contributed by atoms with Gasteiger partial charge in [-0.05, 0) is 17.7 Å². The third kappa shape index (κ3) is 4.69. The average Bonchev–Trinajstić information content (AvgIpc) is 2.52. The van der Waals surface area contributed by atoms with Crippen LogP contribution in [0.25, 0.3) is 0 Å². The topological polar surface area (TPSA) is 75.6 Å². The van der Waals surface area contributed by atoms with Crippen LogP contribution in [0.3, 0.4) is 0 Å². The van der Waals surface area contributed by atoms with Gasteiger partial charge in [0.1, 0.15) is 12.4 Å². The largest absolute Gasteiger partial charge is 0.479 e. The highest BCUT2D eigenvalue weighted by Gasteiger charge is 2.25. The summed E-state index contributed by atoms with van der Waals surface area (Å²) in [5.41, 5.74) is 0.826. The lowest BCUT2D eigenvalue weighted by Gasteiger charge is -2.16. The van der Waals surface area contributed by atoms with Crippen LogP contribution < -0.4 is 5.32 Å². The van der Waals surface area contributed by atoms with E-state index in [0.29, 0.717) is 0 Å². The van der Waals surface area contributed by atoms with Gasteiger partial charge in [-0.3, -0.25) is 0 Å². The Bertz CT molecular complexity index is 708. The zero-order valence-electron chi connectivity index (χ0n) is 11.8. The number of hydrogen-bond donors (Lipinski definition) is 2. The molecule has 120 valence electrons. The Kier molecular flexibility index (Phi) is 5.54. The Morgan fingerprint density at radius 2 is 1.91 bits per heavy atom. The van der Waals surface area contributed by atoms with Crippen molar-refractivity contribution < 1.29 is 23.8 Å². The van der Waals surface area contributed by atoms with E-state index in [9.17, 15) is 19.1 Å². The number of carboxylic acid groups (broad SMARTS) is 1. The molecule has 0 saturated heterocycles. The number of rotatable bonds is 5. The molecule has 1 unspecified atom stereocenters. The zero-order valence-corrected chi connectivity index (χ0v) is 12.6. The molecule has 0 aliphatic heterocycles. The van der Waals surface area contributed by atoms with E-state index in [2.05, 4.69) is 5.32 Å². The predicted molar refractivity (Wildman–Crippen MR) is 81.5 cm³/mol. The number of carbonyl (C=O) groups is 2. The van der Waals surface area contributed by atoms with Crippen LogP contribution in [-0.4, -0.2) is 17.2 Å². The van der Waals surface area contributed by atoms with Crippen molar-refractivity contribution in [3.63, 3.8) is 0 Å². The van der Waals surface area contributed by atoms with Gasteiger partial charge in [-0.25, -0.2) is 14.0 Å². The van der Waals surface area contributed by atoms with Crippen LogP contribution in [0.4, 0.5) is 9.18 Å². The van der Waals surface area contributed by atoms with Crippen LogP contribution in [0.2, 0.25) is 5.02 Å². The van der Waals surface area contributed by atoms with Crippen molar-refractivity contribution in [3.05, 3.63) is 70.5 Å². The highest BCUT2D eigenvalue weighted by atomic mass is 35.5. The lowest BCUT2D eigenvalue weighted by atomic mass is 10.1. The maximum atomic E-state index is 13.0. The molecule has 1 atom stereocenters. The molecule has 0 spiro atoms. The first kappa shape index (κ1) is 16.8. The summed E-state index contributed by atoms with van der Waals surface area (Å²) in [5, 5.41) is 11.3. The Morgan fingerprint density at radius 3 is 2.52 bits per heavy atom. The molecule has 0 aliphatic rings. The Labute approximate surface area is 136 Å². The fourth-order valence-electron chi connectivity index (χ4n) is 1.89. The van der Waals surface area contributed by atoms with Crippen LogP contribution >= 0.6 is 11.6 Å². The van der Waals surface area contributed by atoms with E-state index < -0.39 is 23.9 Å². The lowest BCUT2D eigenvalue weighted by Crippen LogP contribution is -2.34. The minimum Gasteiger partial charge on any atom is -0.479 e. The van der Waals surface area contributed by atoms with Gasteiger partial charge in [-0.2, -0.15) is 0 Å². The number of halogens is 2. The molecule has 0 aromatic heterocycles. The summed E-state index contributed by atoms with van der Waals surface area (Å²) in [6.45, 7) is -0.00381. The molecule has 0 bridgehead atoms. The first-order chi connectivity index (χ1) is 11.0. The summed E-state index contributed by atoms with van der Waals surface area (Å²) in [7, 11) is 0. The molecule has 0 heterocycles. The minimum atomic E-state index is -1.44. The number of alkyl carbamates (subject to hydrolysis) is 1. The Balaban J connectivity index is 2.04. The molecule has 5 nitrogen and oxygen atoms in total. The van der Waals surface area contributed by atoms with Gasteiger partial charge in [-0.15, -0.1) is 0 Å². The molecular formula is C16H13ClFNO4. The van der Waals surface area contributed by atoms with Gasteiger partial charge in [0.25, 0.3) is 0 Å². The van der Waals surface area contributed by atoms with E-state index in [1.165, 1.54) is 6.07 Å². The normalized spacial score (nSPS) is 11.6. The van der Waals surface area contributed by atoms with Crippen molar-refractivity contribution in [2.45, 2.75) is 12.6 Å². The van der Waals surface area contributed by atoms with Gasteiger partial charge in [-0.1, -0.05) is 48.0 Å². The smallest absolute Gasteiger partial charge is 0.408 e. The first-order valence-electron chi connectivity index (χ1n) is 6.62. The number of carbonyl (C=O) groups excluding carboxylic acids is 1. The second-order valence-corrected chi connectivity index (χ2v) is 5.05. The quantitative estimate of drug-likeness (QED) is 0.875. The van der Waals surface area contributed by atoms with E-state index in [4.69, 9.17) is 16.3 Å². The maximum absolute atomic E-state index is 13.0. The van der Waals surface area contributed by atoms with Crippen molar-refractivity contribution in [3.8, 4) is 0 Å². The molecule has 0 fully saturated rings. The van der Waals surface area contributed by atoms with Crippen molar-refractivity contribution in [2.75, 3.05) is 0 Å². The first-order valence-corrected chi connectivity index (χ1v) is 7.00. The highest BCUT2D eigenvalue weighted by Crippen LogP contribution is 2.24. The fraction of sp³-hybridized carbons (Fsp3) is 0.125. The van der Waals surface area contributed by atoms with Gasteiger partial charge in [0, 0.05) is 10.6 Å². The van der Waals surface area contributed by atoms with Gasteiger partial charge in [0.15, 0.2) is 6.04 Å². The SMILES string of the molecule is O=C(NC(C(=O)O)c1ccc(F)cc1Cl)OCc1ccccc1. The third-order valence-corrected chi connectivity index (χ3v) is 3.32. The Hall–Kier alpha value is -2.60. The summed E-state index contributed by atoms with van der Waals surface area (Å²) < 4.78 is 18.0. The van der Waals surface area contributed by atoms with Crippen molar-refractivity contribution in [1.29, 1.82) is 0 Å². The summed E-state index contributed by atoms with van der Waals surface area (Å²) in [6, 6.07) is 10.7. The molecule has 1 amide bonds. The number of aliphatic carboxylic acids is 1. The molecule has 2 aromatic rings. The number of hydrogen-bond acceptors (Lipinski definition) is 3. The molecule has 0 aliphatic carbocycles. The van der Waals surface area contributed by atoms with Gasteiger partial charge >= 0.3 is 12.1 Å². The van der Waals surface area contributed by atoms with Crippen LogP contribution in [0.1, 0.15) is 17.2 Å². The molecular weight excluding hydrogens is 325 g/mol. The number of benzene rings is 2. The molecule has 2 N–H and O–H groups in total. The average molecular weight is 338 g/mol. The van der Waals surface area contributed by atoms with E-state index >= 15 is 0 Å². The standard InChI is InChI=1S/C16H13ClFNO4/c17-13-8-11(18)6-7-12(13)14(15(20)21)19-16(22)23-9-10-4-2-1-3-5-10/h1-8,14H,9H2,(H,19,22)(H,20,21). The van der Waals surface area contributed by atoms with Gasteiger partial charge in [0.2, 0.25) is 0 Å². The third-order valence-electron chi connectivity index (χ3n) is 3.00. The lowest BCUT2D eigenvalue weighted by molar-refractivity contribution is -0.139. The molecule has 23 heavy (non-hydrogen) atoms. The maximum Gasteiger partial charge on any atom is 0.408 e. The van der Waals surface area contributed by atoms with E-state index in [1.807, 2.05) is 6.07 Å². The number of nitrogens with one attached hydrogen (secondary N) is 1. The number of ether oxygens (including phenoxy) is 1. The van der Waals surface area contributed by atoms with Gasteiger partial charge < -0.3 is 15.2 Å². The fourth-order valence-corrected chi connectivity index (χ4v) is 2.17. The monoisotopic (exact) mass is 337 g/mol. The zero-order chi connectivity index (χ0) is 16.8. The molecule has 0 radical (unpaired) electrons. The van der Waals surface area contributed by atoms with E-state index in [0.717, 1.165) is 17.7 Å². The summed E-state index contributed by atoms with van der Waals surface area (Å²) >= 11 is 5.83. The van der Waals surface area contributed by atoms with E-state index in [1.54, 1.807) is 24.3 Å². The predicted octanol–water partition coefficient (Wildman–Crippen LogP) is 3.53. The molecule has 0 saturated carbocycles. The number of amides is 1. The summed E-state index contributed by atoms with van der Waals surface area (Å²) in [5.74, 6) is -1.94. The van der Waals surface area contributed by atoms with Crippen LogP contribution in [0, 0.1) is 5.82 Å². The summed E-state index contributed by atoms with van der Waals surface area (Å²) in [4.78, 5) is 23.1. The van der Waals surface area contributed by atoms with Crippen molar-refractivity contribution in [1.82, 2.24) is 5.32 Å². The highest BCUT2D eigenvalue weighted by molar-refractivity contribution is 6.31. The van der Waals surface area contributed by atoms with Crippen molar-refractivity contribution >= 4 is 23.7 Å². The van der Waals surface area contributed by atoms with Crippen LogP contribution in [-0.2, 0) is 16.1 Å². The second kappa shape index (κ2) is 7.60. The number of carboxylic acids is 1. The Morgan fingerprint density at radius 1 is 1.22 bits per heavy atom. The van der Waals surface area contributed by atoms with Crippen LogP contribution in [0.5, 0.6) is 0 Å². The summed E-state index contributed by atoms with van der Waals surface area (Å²) in [6.07, 6.45) is -0.915. The van der Waals surface area contributed by atoms with E-state index in [-0.39, 0.29) is 17.2 Å². The minimum absolute atomic E-state index is 0.00381. The molecule has 2 aromatic carbocycles. The van der Waals surface area contributed by atoms with Crippen molar-refractivity contribution in [2.24, 2.45) is 0 Å². The van der Waals surface area contributed by atoms with Crippen LogP contribution in [0.15, 0.2) is 48.5 Å².